The van der Waals surface area contributed by atoms with E-state index < -0.39 is 0 Å². The summed E-state index contributed by atoms with van der Waals surface area (Å²) in [5.41, 5.74) is 2.80. The SMILES string of the molecule is CCCNC(=O)[C@@H]1CN(C(=O)c2ccccc2C)C[C@@H]1c1ccccc1. The van der Waals surface area contributed by atoms with Crippen molar-refractivity contribution in [2.24, 2.45) is 5.92 Å². The van der Waals surface area contributed by atoms with Gasteiger partial charge in [-0.3, -0.25) is 9.59 Å². The lowest BCUT2D eigenvalue weighted by Crippen LogP contribution is -2.36. The van der Waals surface area contributed by atoms with Crippen LogP contribution in [0.5, 0.6) is 0 Å². The molecule has 1 aliphatic rings. The molecule has 1 saturated heterocycles. The third-order valence-corrected chi connectivity index (χ3v) is 5.10. The van der Waals surface area contributed by atoms with E-state index in [1.54, 1.807) is 0 Å². The Morgan fingerprint density at radius 2 is 1.73 bits per heavy atom. The van der Waals surface area contributed by atoms with E-state index in [2.05, 4.69) is 5.32 Å². The first kappa shape index (κ1) is 18.2. The molecule has 3 rings (SSSR count). The van der Waals surface area contributed by atoms with Crippen molar-refractivity contribution in [3.63, 3.8) is 0 Å². The van der Waals surface area contributed by atoms with E-state index in [4.69, 9.17) is 0 Å². The lowest BCUT2D eigenvalue weighted by atomic mass is 9.88. The lowest BCUT2D eigenvalue weighted by Gasteiger charge is -2.18. The molecule has 0 aliphatic carbocycles. The number of hydrogen-bond acceptors (Lipinski definition) is 2. The van der Waals surface area contributed by atoms with Crippen molar-refractivity contribution in [3.8, 4) is 0 Å². The van der Waals surface area contributed by atoms with Crippen LogP contribution in [0.2, 0.25) is 0 Å². The van der Waals surface area contributed by atoms with Crippen LogP contribution in [-0.4, -0.2) is 36.3 Å². The molecule has 2 aromatic rings. The van der Waals surface area contributed by atoms with Crippen molar-refractivity contribution in [1.82, 2.24) is 10.2 Å². The third-order valence-electron chi connectivity index (χ3n) is 5.10. The molecule has 0 saturated carbocycles. The van der Waals surface area contributed by atoms with Gasteiger partial charge in [-0.1, -0.05) is 55.5 Å². The van der Waals surface area contributed by atoms with Crippen molar-refractivity contribution in [1.29, 1.82) is 0 Å². The van der Waals surface area contributed by atoms with Crippen LogP contribution in [0.1, 0.15) is 40.7 Å². The molecule has 2 aromatic carbocycles. The highest BCUT2D eigenvalue weighted by atomic mass is 16.2. The van der Waals surface area contributed by atoms with E-state index >= 15 is 0 Å². The molecule has 2 atom stereocenters. The fourth-order valence-electron chi connectivity index (χ4n) is 3.64. The van der Waals surface area contributed by atoms with E-state index in [-0.39, 0.29) is 23.7 Å². The molecule has 1 N–H and O–H groups in total. The summed E-state index contributed by atoms with van der Waals surface area (Å²) in [5, 5.41) is 3.01. The molecule has 1 aliphatic heterocycles. The molecule has 4 heteroatoms. The molecule has 1 heterocycles. The Hall–Kier alpha value is -2.62. The molecule has 0 aromatic heterocycles. The van der Waals surface area contributed by atoms with Gasteiger partial charge in [0.15, 0.2) is 0 Å². The number of aryl methyl sites for hydroxylation is 1. The van der Waals surface area contributed by atoms with E-state index in [0.717, 1.165) is 17.5 Å². The van der Waals surface area contributed by atoms with Gasteiger partial charge in [0.1, 0.15) is 0 Å². The maximum absolute atomic E-state index is 13.0. The van der Waals surface area contributed by atoms with Crippen LogP contribution in [0.25, 0.3) is 0 Å². The Labute approximate surface area is 155 Å². The molecule has 1 fully saturated rings. The van der Waals surface area contributed by atoms with Crippen LogP contribution >= 0.6 is 0 Å². The number of carbonyl (C=O) groups is 2. The Kier molecular flexibility index (Phi) is 5.71. The first-order valence-electron chi connectivity index (χ1n) is 9.29. The van der Waals surface area contributed by atoms with Gasteiger partial charge in [-0.25, -0.2) is 0 Å². The average Bonchev–Trinajstić information content (AvgIpc) is 3.12. The minimum absolute atomic E-state index is 0.00910. The maximum atomic E-state index is 13.0. The second-order valence-corrected chi connectivity index (χ2v) is 6.94. The summed E-state index contributed by atoms with van der Waals surface area (Å²) in [6, 6.07) is 17.7. The molecule has 0 radical (unpaired) electrons. The van der Waals surface area contributed by atoms with Gasteiger partial charge in [0.25, 0.3) is 5.91 Å². The molecule has 4 nitrogen and oxygen atoms in total. The van der Waals surface area contributed by atoms with Gasteiger partial charge < -0.3 is 10.2 Å². The summed E-state index contributed by atoms with van der Waals surface area (Å²) in [6.07, 6.45) is 0.903. The molecular formula is C22H26N2O2. The van der Waals surface area contributed by atoms with Gasteiger partial charge in [0.05, 0.1) is 5.92 Å². The standard InChI is InChI=1S/C22H26N2O2/c1-3-13-23-21(25)20-15-24(14-19(20)17-10-5-4-6-11-17)22(26)18-12-8-7-9-16(18)2/h4-12,19-20H,3,13-15H2,1-2H3,(H,23,25)/t19-,20-/m1/s1. The van der Waals surface area contributed by atoms with Crippen LogP contribution in [0, 0.1) is 12.8 Å². The largest absolute Gasteiger partial charge is 0.356 e. The number of nitrogens with zero attached hydrogens (tertiary/aromatic N) is 1. The number of carbonyl (C=O) groups excluding carboxylic acids is 2. The van der Waals surface area contributed by atoms with Gasteiger partial charge in [-0.15, -0.1) is 0 Å². The summed E-state index contributed by atoms with van der Waals surface area (Å²) in [4.78, 5) is 27.6. The summed E-state index contributed by atoms with van der Waals surface area (Å²) >= 11 is 0. The molecule has 136 valence electrons. The quantitative estimate of drug-likeness (QED) is 0.899. The minimum Gasteiger partial charge on any atom is -0.356 e. The van der Waals surface area contributed by atoms with Crippen LogP contribution in [0.4, 0.5) is 0 Å². The number of likely N-dealkylation sites (tertiary alicyclic amines) is 1. The monoisotopic (exact) mass is 350 g/mol. The highest BCUT2D eigenvalue weighted by Crippen LogP contribution is 2.34. The highest BCUT2D eigenvalue weighted by molar-refractivity contribution is 5.96. The Morgan fingerprint density at radius 3 is 2.42 bits per heavy atom. The molecular weight excluding hydrogens is 324 g/mol. The zero-order chi connectivity index (χ0) is 18.5. The first-order valence-corrected chi connectivity index (χ1v) is 9.29. The zero-order valence-corrected chi connectivity index (χ0v) is 15.4. The van der Waals surface area contributed by atoms with Crippen molar-refractivity contribution >= 4 is 11.8 Å². The van der Waals surface area contributed by atoms with Gasteiger partial charge in [0.2, 0.25) is 5.91 Å². The molecule has 0 unspecified atom stereocenters. The van der Waals surface area contributed by atoms with Crippen molar-refractivity contribution < 1.29 is 9.59 Å². The predicted molar refractivity (Wildman–Crippen MR) is 103 cm³/mol. The molecule has 0 bridgehead atoms. The number of amides is 2. The summed E-state index contributed by atoms with van der Waals surface area (Å²) < 4.78 is 0. The molecule has 2 amide bonds. The highest BCUT2D eigenvalue weighted by Gasteiger charge is 2.40. The van der Waals surface area contributed by atoms with Crippen molar-refractivity contribution in [3.05, 3.63) is 71.3 Å². The number of rotatable bonds is 5. The Bertz CT molecular complexity index is 773. The normalized spacial score (nSPS) is 19.4. The van der Waals surface area contributed by atoms with Crippen LogP contribution in [0.3, 0.4) is 0 Å². The third kappa shape index (κ3) is 3.79. The smallest absolute Gasteiger partial charge is 0.254 e. The Morgan fingerprint density at radius 1 is 1.04 bits per heavy atom. The van der Waals surface area contributed by atoms with Crippen LogP contribution < -0.4 is 5.32 Å². The van der Waals surface area contributed by atoms with E-state index in [1.165, 1.54) is 0 Å². The Balaban J connectivity index is 1.85. The fourth-order valence-corrected chi connectivity index (χ4v) is 3.64. The van der Waals surface area contributed by atoms with E-state index in [9.17, 15) is 9.59 Å². The molecule has 0 spiro atoms. The van der Waals surface area contributed by atoms with Crippen LogP contribution in [0.15, 0.2) is 54.6 Å². The number of hydrogen-bond donors (Lipinski definition) is 1. The minimum atomic E-state index is -0.211. The first-order chi connectivity index (χ1) is 12.6. The van der Waals surface area contributed by atoms with Crippen molar-refractivity contribution in [2.75, 3.05) is 19.6 Å². The molecule has 26 heavy (non-hydrogen) atoms. The summed E-state index contributed by atoms with van der Waals surface area (Å²) in [7, 11) is 0. The van der Waals surface area contributed by atoms with E-state index in [1.807, 2.05) is 73.3 Å². The predicted octanol–water partition coefficient (Wildman–Crippen LogP) is 3.38. The van der Waals surface area contributed by atoms with Gasteiger partial charge in [-0.2, -0.15) is 0 Å². The fraction of sp³-hybridized carbons (Fsp3) is 0.364. The topological polar surface area (TPSA) is 49.4 Å². The second-order valence-electron chi connectivity index (χ2n) is 6.94. The van der Waals surface area contributed by atoms with Gasteiger partial charge in [-0.05, 0) is 30.5 Å². The summed E-state index contributed by atoms with van der Waals surface area (Å²) in [5.74, 6) is -0.131. The second kappa shape index (κ2) is 8.17. The zero-order valence-electron chi connectivity index (χ0n) is 15.4. The van der Waals surface area contributed by atoms with Gasteiger partial charge >= 0.3 is 0 Å². The maximum Gasteiger partial charge on any atom is 0.254 e. The lowest BCUT2D eigenvalue weighted by molar-refractivity contribution is -0.124. The van der Waals surface area contributed by atoms with Crippen LogP contribution in [-0.2, 0) is 4.79 Å². The van der Waals surface area contributed by atoms with E-state index in [0.29, 0.717) is 25.2 Å². The van der Waals surface area contributed by atoms with Crippen molar-refractivity contribution in [2.45, 2.75) is 26.2 Å². The number of nitrogens with one attached hydrogen (secondary N) is 1. The average molecular weight is 350 g/mol. The summed E-state index contributed by atoms with van der Waals surface area (Å²) in [6.45, 7) is 5.69. The van der Waals surface area contributed by atoms with Gasteiger partial charge in [0, 0.05) is 31.1 Å². The number of benzene rings is 2.